The van der Waals surface area contributed by atoms with E-state index in [1.165, 1.54) is 0 Å². The van der Waals surface area contributed by atoms with E-state index in [4.69, 9.17) is 4.74 Å². The third-order valence-electron chi connectivity index (χ3n) is 8.35. The average Bonchev–Trinajstić information content (AvgIpc) is 3.60. The Morgan fingerprint density at radius 1 is 1.09 bits per heavy atom. The van der Waals surface area contributed by atoms with E-state index in [9.17, 15) is 14.7 Å². The standard InChI is InChI=1S/C32H38N8O4/c1-19-10-22(6-8-33-19)31(42)36-15-20(2)37-25-11-23(12-25)32(43)38-29-14-26-13-21(7-9-40(26)39-29)24-16-34-30(35-17-24)18-44-28-5-3-4-27(28)41/h6-10,13-14,16-17,20,23,25,27-28,37,41H,3-5,11-12,15,18H2,1-2H3,(H,36,42)(H,38,39,43)/t20-,23?,25?,27-,28-/m0/s1. The molecule has 4 aromatic rings. The second kappa shape index (κ2) is 13.2. The van der Waals surface area contributed by atoms with Crippen LogP contribution in [0.25, 0.3) is 16.6 Å². The van der Waals surface area contributed by atoms with Crippen molar-refractivity contribution in [2.75, 3.05) is 11.9 Å². The van der Waals surface area contributed by atoms with Crippen molar-refractivity contribution < 1.29 is 19.4 Å². The zero-order chi connectivity index (χ0) is 30.6. The Morgan fingerprint density at radius 2 is 1.91 bits per heavy atom. The minimum absolute atomic E-state index is 0.0444. The lowest BCUT2D eigenvalue weighted by Crippen LogP contribution is -2.51. The molecule has 4 aromatic heterocycles. The molecule has 2 amide bonds. The number of nitrogens with one attached hydrogen (secondary N) is 3. The predicted octanol–water partition coefficient (Wildman–Crippen LogP) is 3.05. The molecule has 44 heavy (non-hydrogen) atoms. The van der Waals surface area contributed by atoms with Crippen LogP contribution in [0.5, 0.6) is 0 Å². The largest absolute Gasteiger partial charge is 0.390 e. The summed E-state index contributed by atoms with van der Waals surface area (Å²) in [7, 11) is 0. The van der Waals surface area contributed by atoms with Gasteiger partial charge in [-0.25, -0.2) is 14.5 Å². The van der Waals surface area contributed by atoms with Crippen molar-refractivity contribution in [3.8, 4) is 11.1 Å². The molecule has 230 valence electrons. The second-order valence-electron chi connectivity index (χ2n) is 11.9. The van der Waals surface area contributed by atoms with Gasteiger partial charge in [-0.1, -0.05) is 0 Å². The molecule has 0 saturated heterocycles. The summed E-state index contributed by atoms with van der Waals surface area (Å²) in [6.07, 6.45) is 10.5. The highest BCUT2D eigenvalue weighted by atomic mass is 16.5. The number of ether oxygens (including phenoxy) is 1. The molecule has 12 nitrogen and oxygen atoms in total. The number of aliphatic hydroxyl groups excluding tert-OH is 1. The summed E-state index contributed by atoms with van der Waals surface area (Å²) in [5, 5.41) is 23.8. The van der Waals surface area contributed by atoms with E-state index in [0.717, 1.165) is 54.4 Å². The summed E-state index contributed by atoms with van der Waals surface area (Å²) >= 11 is 0. The first kappa shape index (κ1) is 29.8. The van der Waals surface area contributed by atoms with Gasteiger partial charge in [-0.2, -0.15) is 5.10 Å². The summed E-state index contributed by atoms with van der Waals surface area (Å²) in [5.74, 6) is 0.823. The SMILES string of the molecule is Cc1cc(C(=O)NC[C@H](C)NC2CC(C(=O)Nc3cc4cc(-c5cnc(CO[C@H]6CCC[C@@H]6O)nc5)ccn4n3)C2)ccn1. The third kappa shape index (κ3) is 7.09. The summed E-state index contributed by atoms with van der Waals surface area (Å²) in [6, 6.07) is 9.52. The molecule has 3 atom stereocenters. The lowest BCUT2D eigenvalue weighted by molar-refractivity contribution is -0.123. The van der Waals surface area contributed by atoms with Gasteiger partial charge in [-0.3, -0.25) is 14.6 Å². The number of hydrogen-bond acceptors (Lipinski definition) is 9. The van der Waals surface area contributed by atoms with E-state index in [2.05, 4.69) is 36.0 Å². The van der Waals surface area contributed by atoms with Crippen LogP contribution in [0.2, 0.25) is 0 Å². The van der Waals surface area contributed by atoms with Crippen LogP contribution in [0.3, 0.4) is 0 Å². The lowest BCUT2D eigenvalue weighted by Gasteiger charge is -2.36. The number of hydrogen-bond donors (Lipinski definition) is 4. The van der Waals surface area contributed by atoms with E-state index >= 15 is 0 Å². The number of aryl methyl sites for hydroxylation is 1. The van der Waals surface area contributed by atoms with Crippen LogP contribution < -0.4 is 16.0 Å². The smallest absolute Gasteiger partial charge is 0.251 e. The van der Waals surface area contributed by atoms with Crippen LogP contribution in [-0.4, -0.2) is 72.3 Å². The monoisotopic (exact) mass is 598 g/mol. The second-order valence-corrected chi connectivity index (χ2v) is 11.9. The minimum Gasteiger partial charge on any atom is -0.390 e. The van der Waals surface area contributed by atoms with Crippen LogP contribution >= 0.6 is 0 Å². The van der Waals surface area contributed by atoms with Gasteiger partial charge in [0.25, 0.3) is 5.91 Å². The van der Waals surface area contributed by atoms with E-state index in [0.29, 0.717) is 23.8 Å². The van der Waals surface area contributed by atoms with Crippen molar-refractivity contribution in [3.63, 3.8) is 0 Å². The van der Waals surface area contributed by atoms with Crippen molar-refractivity contribution >= 4 is 23.1 Å². The maximum atomic E-state index is 12.9. The van der Waals surface area contributed by atoms with Gasteiger partial charge in [0.05, 0.1) is 17.7 Å². The number of amides is 2. The fourth-order valence-corrected chi connectivity index (χ4v) is 5.79. The molecule has 2 aliphatic rings. The first-order valence-electron chi connectivity index (χ1n) is 15.2. The van der Waals surface area contributed by atoms with Gasteiger partial charge in [0.15, 0.2) is 11.6 Å². The molecule has 0 aromatic carbocycles. The van der Waals surface area contributed by atoms with Crippen molar-refractivity contribution in [2.24, 2.45) is 5.92 Å². The van der Waals surface area contributed by atoms with Gasteiger partial charge in [-0.05, 0) is 75.8 Å². The van der Waals surface area contributed by atoms with Gasteiger partial charge >= 0.3 is 0 Å². The number of carbonyl (C=O) groups is 2. The van der Waals surface area contributed by atoms with Gasteiger partial charge < -0.3 is 25.8 Å². The fourth-order valence-electron chi connectivity index (χ4n) is 5.79. The molecular formula is C32H38N8O4. The zero-order valence-corrected chi connectivity index (χ0v) is 24.9. The number of nitrogens with zero attached hydrogens (tertiary/aromatic N) is 5. The van der Waals surface area contributed by atoms with Crippen LogP contribution in [-0.2, 0) is 16.1 Å². The Hall–Kier alpha value is -4.26. The molecule has 0 radical (unpaired) electrons. The topological polar surface area (TPSA) is 156 Å². The van der Waals surface area contributed by atoms with Crippen molar-refractivity contribution in [1.82, 2.24) is 35.2 Å². The first-order chi connectivity index (χ1) is 21.3. The number of anilines is 1. The first-order valence-corrected chi connectivity index (χ1v) is 15.2. The van der Waals surface area contributed by atoms with E-state index in [1.807, 2.05) is 38.2 Å². The average molecular weight is 599 g/mol. The number of carbonyl (C=O) groups excluding carboxylic acids is 2. The number of pyridine rings is 2. The maximum absolute atomic E-state index is 12.9. The highest BCUT2D eigenvalue weighted by molar-refractivity contribution is 5.94. The van der Waals surface area contributed by atoms with Gasteiger partial charge in [0.1, 0.15) is 6.61 Å². The van der Waals surface area contributed by atoms with Crippen molar-refractivity contribution in [3.05, 3.63) is 72.2 Å². The van der Waals surface area contributed by atoms with E-state index in [-0.39, 0.29) is 42.5 Å². The van der Waals surface area contributed by atoms with Gasteiger partial charge in [0, 0.05) is 72.2 Å². The number of fused-ring (bicyclic) bond motifs is 1. The molecular weight excluding hydrogens is 560 g/mol. The van der Waals surface area contributed by atoms with Crippen LogP contribution in [0.1, 0.15) is 60.9 Å². The predicted molar refractivity (Wildman–Crippen MR) is 164 cm³/mol. The lowest BCUT2D eigenvalue weighted by atomic mass is 9.79. The number of aromatic nitrogens is 5. The quantitative estimate of drug-likeness (QED) is 0.204. The molecule has 12 heteroatoms. The normalized spacial score (nSPS) is 22.0. The molecule has 4 heterocycles. The van der Waals surface area contributed by atoms with E-state index < -0.39 is 6.10 Å². The van der Waals surface area contributed by atoms with Crippen LogP contribution in [0.4, 0.5) is 5.82 Å². The maximum Gasteiger partial charge on any atom is 0.251 e. The molecule has 0 aliphatic heterocycles. The molecule has 2 aliphatic carbocycles. The highest BCUT2D eigenvalue weighted by Crippen LogP contribution is 2.29. The molecule has 0 spiro atoms. The Kier molecular flexibility index (Phi) is 8.91. The Morgan fingerprint density at radius 3 is 2.66 bits per heavy atom. The molecule has 4 N–H and O–H groups in total. The Bertz CT molecular complexity index is 1620. The minimum atomic E-state index is -0.404. The highest BCUT2D eigenvalue weighted by Gasteiger charge is 2.35. The Labute approximate surface area is 255 Å². The molecule has 0 bridgehead atoms. The molecule has 0 unspecified atom stereocenters. The van der Waals surface area contributed by atoms with Crippen molar-refractivity contribution in [1.29, 1.82) is 0 Å². The summed E-state index contributed by atoms with van der Waals surface area (Å²) in [4.78, 5) is 38.3. The third-order valence-corrected chi connectivity index (χ3v) is 8.35. The van der Waals surface area contributed by atoms with Gasteiger partial charge in [0.2, 0.25) is 5.91 Å². The summed E-state index contributed by atoms with van der Waals surface area (Å²) < 4.78 is 7.51. The number of aliphatic hydroxyl groups is 1. The fraction of sp³-hybridized carbons (Fsp3) is 0.438. The number of rotatable bonds is 11. The Balaban J connectivity index is 0.957. The molecule has 2 fully saturated rings. The zero-order valence-electron chi connectivity index (χ0n) is 24.9. The summed E-state index contributed by atoms with van der Waals surface area (Å²) in [5.41, 5.74) is 4.03. The van der Waals surface area contributed by atoms with Crippen LogP contribution in [0, 0.1) is 12.8 Å². The van der Waals surface area contributed by atoms with Crippen LogP contribution in [0.15, 0.2) is 55.1 Å². The molecule has 6 rings (SSSR count). The van der Waals surface area contributed by atoms with Crippen molar-refractivity contribution in [2.45, 2.75) is 76.9 Å². The summed E-state index contributed by atoms with van der Waals surface area (Å²) in [6.45, 7) is 4.64. The van der Waals surface area contributed by atoms with Gasteiger partial charge in [-0.15, -0.1) is 0 Å². The van der Waals surface area contributed by atoms with E-state index in [1.54, 1.807) is 35.2 Å². The molecule has 2 saturated carbocycles.